The molecule has 3 N–H and O–H groups in total. The number of carboxylic acids is 1. The van der Waals surface area contributed by atoms with Crippen molar-refractivity contribution in [2.24, 2.45) is 10.8 Å². The first-order chi connectivity index (χ1) is 16.4. The Morgan fingerprint density at radius 1 is 1.06 bits per heavy atom. The minimum absolute atomic E-state index is 0.0322. The Hall–Kier alpha value is -3.35. The molecule has 2 unspecified atom stereocenters. The monoisotopic (exact) mass is 462 g/mol. The number of alkyl carbamates (subject to hydrolysis) is 1. The van der Waals surface area contributed by atoms with E-state index in [1.807, 2.05) is 24.3 Å². The van der Waals surface area contributed by atoms with Gasteiger partial charge in [0, 0.05) is 12.5 Å². The van der Waals surface area contributed by atoms with Crippen LogP contribution in [0.2, 0.25) is 0 Å². The van der Waals surface area contributed by atoms with Crippen LogP contribution in [0, 0.1) is 10.8 Å². The molecule has 2 saturated carbocycles. The second-order valence-corrected chi connectivity index (χ2v) is 9.84. The second-order valence-electron chi connectivity index (χ2n) is 9.84. The number of benzene rings is 2. The molecule has 0 saturated heterocycles. The lowest BCUT2D eigenvalue weighted by molar-refractivity contribution is -0.143. The number of fused-ring (bicyclic) bond motifs is 3. The van der Waals surface area contributed by atoms with Gasteiger partial charge in [-0.25, -0.2) is 9.59 Å². The first kappa shape index (κ1) is 22.4. The Morgan fingerprint density at radius 2 is 1.68 bits per heavy atom. The third-order valence-corrected chi connectivity index (χ3v) is 8.17. The van der Waals surface area contributed by atoms with Crippen LogP contribution in [-0.2, 0) is 14.3 Å². The van der Waals surface area contributed by atoms with Crippen LogP contribution in [0.3, 0.4) is 0 Å². The Morgan fingerprint density at radius 3 is 2.18 bits per heavy atom. The topological polar surface area (TPSA) is 105 Å². The summed E-state index contributed by atoms with van der Waals surface area (Å²) in [6.07, 6.45) is 3.33. The second kappa shape index (κ2) is 8.46. The fourth-order valence-electron chi connectivity index (χ4n) is 5.95. The van der Waals surface area contributed by atoms with Crippen LogP contribution in [0.15, 0.2) is 48.5 Å². The molecule has 5 rings (SSSR count). The number of hydrogen-bond donors (Lipinski definition) is 3. The van der Waals surface area contributed by atoms with Gasteiger partial charge in [-0.05, 0) is 53.4 Å². The quantitative estimate of drug-likeness (QED) is 0.549. The zero-order chi connectivity index (χ0) is 23.9. The lowest BCUT2D eigenvalue weighted by Crippen LogP contribution is -2.50. The SMILES string of the molecule is CCC(NC(=O)C1(CNC(=O)OCC2c3ccccc3-c3ccccc32)CC12CCC2)C(=O)O. The fourth-order valence-corrected chi connectivity index (χ4v) is 5.95. The van der Waals surface area contributed by atoms with E-state index in [2.05, 4.69) is 34.9 Å². The molecule has 2 aromatic rings. The van der Waals surface area contributed by atoms with Crippen LogP contribution in [0.5, 0.6) is 0 Å². The molecule has 0 heterocycles. The van der Waals surface area contributed by atoms with E-state index in [1.54, 1.807) is 6.92 Å². The van der Waals surface area contributed by atoms with Crippen LogP contribution in [0.1, 0.15) is 56.1 Å². The molecule has 3 aliphatic carbocycles. The molecule has 34 heavy (non-hydrogen) atoms. The third-order valence-electron chi connectivity index (χ3n) is 8.17. The van der Waals surface area contributed by atoms with Gasteiger partial charge >= 0.3 is 12.1 Å². The number of ether oxygens (including phenoxy) is 1. The predicted octanol–water partition coefficient (Wildman–Crippen LogP) is 4.06. The summed E-state index contributed by atoms with van der Waals surface area (Å²) in [7, 11) is 0. The molecule has 2 aromatic carbocycles. The van der Waals surface area contributed by atoms with Gasteiger partial charge < -0.3 is 20.5 Å². The van der Waals surface area contributed by atoms with Crippen LogP contribution in [-0.4, -0.2) is 42.3 Å². The summed E-state index contributed by atoms with van der Waals surface area (Å²) in [6, 6.07) is 15.4. The molecule has 7 nitrogen and oxygen atoms in total. The van der Waals surface area contributed by atoms with E-state index < -0.39 is 23.5 Å². The molecule has 178 valence electrons. The smallest absolute Gasteiger partial charge is 0.407 e. The predicted molar refractivity (Wildman–Crippen MR) is 126 cm³/mol. The highest BCUT2D eigenvalue weighted by molar-refractivity contribution is 5.91. The number of carbonyl (C=O) groups excluding carboxylic acids is 2. The summed E-state index contributed by atoms with van der Waals surface area (Å²) >= 11 is 0. The zero-order valence-corrected chi connectivity index (χ0v) is 19.3. The van der Waals surface area contributed by atoms with Crippen molar-refractivity contribution in [3.05, 3.63) is 59.7 Å². The van der Waals surface area contributed by atoms with Crippen molar-refractivity contribution < 1.29 is 24.2 Å². The van der Waals surface area contributed by atoms with Crippen LogP contribution >= 0.6 is 0 Å². The molecular formula is C27H30N2O5. The van der Waals surface area contributed by atoms with Crippen LogP contribution in [0.4, 0.5) is 4.79 Å². The molecule has 1 spiro atoms. The van der Waals surface area contributed by atoms with Gasteiger partial charge in [-0.2, -0.15) is 0 Å². The van der Waals surface area contributed by atoms with Crippen molar-refractivity contribution in [3.63, 3.8) is 0 Å². The number of hydrogen-bond acceptors (Lipinski definition) is 4. The van der Waals surface area contributed by atoms with E-state index in [4.69, 9.17) is 4.74 Å². The van der Waals surface area contributed by atoms with Gasteiger partial charge in [0.15, 0.2) is 0 Å². The maximum absolute atomic E-state index is 13.1. The van der Waals surface area contributed by atoms with E-state index in [-0.39, 0.29) is 30.4 Å². The summed E-state index contributed by atoms with van der Waals surface area (Å²) in [5.74, 6) is -1.35. The summed E-state index contributed by atoms with van der Waals surface area (Å²) in [4.78, 5) is 37.2. The van der Waals surface area contributed by atoms with Gasteiger partial charge in [0.2, 0.25) is 5.91 Å². The van der Waals surface area contributed by atoms with E-state index >= 15 is 0 Å². The lowest BCUT2D eigenvalue weighted by atomic mass is 9.74. The largest absolute Gasteiger partial charge is 0.480 e. The van der Waals surface area contributed by atoms with Crippen molar-refractivity contribution in [2.45, 2.75) is 51.0 Å². The van der Waals surface area contributed by atoms with Crippen molar-refractivity contribution in [1.29, 1.82) is 0 Å². The fraction of sp³-hybridized carbons (Fsp3) is 0.444. The normalized spacial score (nSPS) is 22.1. The van der Waals surface area contributed by atoms with E-state index in [9.17, 15) is 19.5 Å². The van der Waals surface area contributed by atoms with Crippen molar-refractivity contribution >= 4 is 18.0 Å². The average molecular weight is 463 g/mol. The summed E-state index contributed by atoms with van der Waals surface area (Å²) in [5, 5.41) is 14.8. The molecule has 0 aliphatic heterocycles. The van der Waals surface area contributed by atoms with E-state index in [0.717, 1.165) is 41.5 Å². The van der Waals surface area contributed by atoms with Gasteiger partial charge in [0.05, 0.1) is 5.41 Å². The number of carboxylic acid groups (broad SMARTS) is 1. The molecule has 0 bridgehead atoms. The molecule has 7 heteroatoms. The lowest BCUT2D eigenvalue weighted by Gasteiger charge is -2.33. The minimum atomic E-state index is -1.04. The summed E-state index contributed by atoms with van der Waals surface area (Å²) in [6.45, 7) is 2.10. The highest BCUT2D eigenvalue weighted by Crippen LogP contribution is 2.73. The Bertz CT molecular complexity index is 1100. The molecule has 0 radical (unpaired) electrons. The zero-order valence-electron chi connectivity index (χ0n) is 19.3. The van der Waals surface area contributed by atoms with Gasteiger partial charge in [-0.15, -0.1) is 0 Å². The van der Waals surface area contributed by atoms with Gasteiger partial charge in [0.25, 0.3) is 0 Å². The van der Waals surface area contributed by atoms with Gasteiger partial charge in [-0.1, -0.05) is 61.9 Å². The standard InChI is InChI=1S/C27H30N2O5/c1-2-22(23(30)31)29-24(32)27(15-26(27)12-7-13-26)16-28-25(33)34-14-21-19-10-5-3-8-17(19)18-9-4-6-11-20(18)21/h3-6,8-11,21-22H,2,7,12-16H2,1H3,(H,28,33)(H,29,32)(H,30,31). The molecular weight excluding hydrogens is 432 g/mol. The maximum Gasteiger partial charge on any atom is 0.407 e. The van der Waals surface area contributed by atoms with Gasteiger partial charge in [0.1, 0.15) is 12.6 Å². The molecule has 2 fully saturated rings. The molecule has 0 aromatic heterocycles. The molecule has 2 atom stereocenters. The Kier molecular flexibility index (Phi) is 5.58. The number of aliphatic carboxylic acids is 1. The molecule has 3 aliphatic rings. The average Bonchev–Trinajstić information content (AvgIpc) is 3.44. The Labute approximate surface area is 198 Å². The van der Waals surface area contributed by atoms with E-state index in [0.29, 0.717) is 12.8 Å². The number of carbonyl (C=O) groups is 3. The first-order valence-electron chi connectivity index (χ1n) is 12.0. The Balaban J connectivity index is 1.23. The summed E-state index contributed by atoms with van der Waals surface area (Å²) in [5.41, 5.74) is 3.74. The highest BCUT2D eigenvalue weighted by Gasteiger charge is 2.73. The molecule has 2 amide bonds. The van der Waals surface area contributed by atoms with E-state index in [1.165, 1.54) is 0 Å². The highest BCUT2D eigenvalue weighted by atomic mass is 16.5. The van der Waals surface area contributed by atoms with Crippen molar-refractivity contribution in [2.75, 3.05) is 13.2 Å². The first-order valence-corrected chi connectivity index (χ1v) is 12.0. The van der Waals surface area contributed by atoms with Crippen LogP contribution in [0.25, 0.3) is 11.1 Å². The van der Waals surface area contributed by atoms with Crippen molar-refractivity contribution in [1.82, 2.24) is 10.6 Å². The third kappa shape index (κ3) is 3.54. The number of nitrogens with one attached hydrogen (secondary N) is 2. The minimum Gasteiger partial charge on any atom is -0.480 e. The van der Waals surface area contributed by atoms with Crippen LogP contribution < -0.4 is 10.6 Å². The van der Waals surface area contributed by atoms with Gasteiger partial charge in [-0.3, -0.25) is 4.79 Å². The summed E-state index contributed by atoms with van der Waals surface area (Å²) < 4.78 is 5.63. The maximum atomic E-state index is 13.1. The number of rotatable bonds is 8. The van der Waals surface area contributed by atoms with Crippen molar-refractivity contribution in [3.8, 4) is 11.1 Å². The number of amides is 2.